The molecular weight excluding hydrogens is 280 g/mol. The average molecular weight is 306 g/mol. The number of rotatable bonds is 6. The molecule has 2 N–H and O–H groups in total. The van der Waals surface area contributed by atoms with Gasteiger partial charge in [0.1, 0.15) is 5.69 Å². The highest BCUT2D eigenvalue weighted by atomic mass is 16.3. The lowest BCUT2D eigenvalue weighted by Crippen LogP contribution is -2.36. The lowest BCUT2D eigenvalue weighted by molar-refractivity contribution is 0.0639. The molecule has 1 aromatic heterocycles. The van der Waals surface area contributed by atoms with Crippen LogP contribution in [0, 0.1) is 12.8 Å². The van der Waals surface area contributed by atoms with Crippen LogP contribution in [-0.4, -0.2) is 46.4 Å². The Labute approximate surface area is 131 Å². The van der Waals surface area contributed by atoms with Crippen LogP contribution in [0.1, 0.15) is 71.6 Å². The molecule has 1 aromatic rings. The Hall–Kier alpha value is -1.62. The zero-order valence-electron chi connectivity index (χ0n) is 14.1. The maximum Gasteiger partial charge on any atom is 0.270 e. The second-order valence-corrected chi connectivity index (χ2v) is 6.72. The van der Waals surface area contributed by atoms with Gasteiger partial charge in [-0.25, -0.2) is 0 Å². The monoisotopic (exact) mass is 306 g/mol. The molecule has 1 heterocycles. The number of nitrogens with zero attached hydrogens (tertiary/aromatic N) is 1. The lowest BCUT2D eigenvalue weighted by atomic mass is 9.95. The summed E-state index contributed by atoms with van der Waals surface area (Å²) in [5, 5.41) is 10.0. The zero-order valence-corrected chi connectivity index (χ0v) is 14.1. The van der Waals surface area contributed by atoms with E-state index in [1.807, 2.05) is 20.8 Å². The molecule has 0 radical (unpaired) electrons. The van der Waals surface area contributed by atoms with Crippen molar-refractivity contribution >= 4 is 11.7 Å². The van der Waals surface area contributed by atoms with Crippen molar-refractivity contribution in [1.82, 2.24) is 9.88 Å². The molecule has 1 atom stereocenters. The zero-order chi connectivity index (χ0) is 16.6. The molecule has 1 saturated carbocycles. The number of hydrogen-bond donors (Lipinski definition) is 2. The number of aliphatic hydroxyl groups is 1. The number of H-pyrrole nitrogens is 1. The minimum atomic E-state index is -0.459. The van der Waals surface area contributed by atoms with E-state index in [1.54, 1.807) is 11.9 Å². The molecule has 5 nitrogen and oxygen atoms in total. The van der Waals surface area contributed by atoms with Crippen LogP contribution in [0.3, 0.4) is 0 Å². The van der Waals surface area contributed by atoms with Gasteiger partial charge in [-0.05, 0) is 44.1 Å². The van der Waals surface area contributed by atoms with Crippen LogP contribution in [-0.2, 0) is 0 Å². The normalized spacial score (nSPS) is 16.0. The molecule has 1 fully saturated rings. The number of carbonyl (C=O) groups excluding carboxylic acids is 2. The molecule has 1 aliphatic carbocycles. The van der Waals surface area contributed by atoms with Gasteiger partial charge < -0.3 is 15.0 Å². The smallest absolute Gasteiger partial charge is 0.270 e. The maximum atomic E-state index is 12.7. The molecule has 22 heavy (non-hydrogen) atoms. The van der Waals surface area contributed by atoms with Crippen molar-refractivity contribution in [3.05, 3.63) is 22.5 Å². The van der Waals surface area contributed by atoms with E-state index in [-0.39, 0.29) is 17.6 Å². The van der Waals surface area contributed by atoms with Crippen molar-refractivity contribution in [3.63, 3.8) is 0 Å². The van der Waals surface area contributed by atoms with Gasteiger partial charge in [-0.2, -0.15) is 0 Å². The molecular formula is C17H26N2O3. The Morgan fingerprint density at radius 3 is 2.41 bits per heavy atom. The van der Waals surface area contributed by atoms with Crippen molar-refractivity contribution in [2.24, 2.45) is 5.92 Å². The number of amides is 1. The van der Waals surface area contributed by atoms with Gasteiger partial charge in [0, 0.05) is 24.8 Å². The van der Waals surface area contributed by atoms with E-state index in [1.165, 1.54) is 6.92 Å². The maximum absolute atomic E-state index is 12.7. The second-order valence-electron chi connectivity index (χ2n) is 6.72. The van der Waals surface area contributed by atoms with E-state index in [0.29, 0.717) is 23.7 Å². The highest BCUT2D eigenvalue weighted by Gasteiger charge is 2.32. The van der Waals surface area contributed by atoms with E-state index >= 15 is 0 Å². The number of aromatic amines is 1. The van der Waals surface area contributed by atoms with E-state index in [4.69, 9.17) is 0 Å². The summed E-state index contributed by atoms with van der Waals surface area (Å²) >= 11 is 0. The number of likely N-dealkylation sites (N-methyl/N-ethyl adjacent to an activating group) is 1. The van der Waals surface area contributed by atoms with Crippen LogP contribution >= 0.6 is 0 Å². The summed E-state index contributed by atoms with van der Waals surface area (Å²) in [6.45, 7) is 7.62. The minimum absolute atomic E-state index is 0.0304. The quantitative estimate of drug-likeness (QED) is 0.793. The summed E-state index contributed by atoms with van der Waals surface area (Å²) in [4.78, 5) is 29.2. The molecule has 122 valence electrons. The number of carbonyl (C=O) groups is 2. The first-order valence-electron chi connectivity index (χ1n) is 7.90. The highest BCUT2D eigenvalue weighted by molar-refractivity contribution is 6.02. The van der Waals surface area contributed by atoms with Crippen molar-refractivity contribution in [1.29, 1.82) is 0 Å². The van der Waals surface area contributed by atoms with E-state index in [9.17, 15) is 14.7 Å². The number of aryl methyl sites for hydroxylation is 1. The Balaban J connectivity index is 2.28. The van der Waals surface area contributed by atoms with Gasteiger partial charge >= 0.3 is 0 Å². The van der Waals surface area contributed by atoms with Crippen molar-refractivity contribution < 1.29 is 14.7 Å². The third-order valence-electron chi connectivity index (χ3n) is 4.34. The van der Waals surface area contributed by atoms with Gasteiger partial charge in [-0.1, -0.05) is 13.8 Å². The summed E-state index contributed by atoms with van der Waals surface area (Å²) < 4.78 is 0. The number of Topliss-reactive ketones (excluding diaryl/α,β-unsaturated/α-hetero) is 1. The minimum Gasteiger partial charge on any atom is -0.391 e. The van der Waals surface area contributed by atoms with Crippen LogP contribution in [0.2, 0.25) is 0 Å². The average Bonchev–Trinajstić information content (AvgIpc) is 3.20. The topological polar surface area (TPSA) is 73.4 Å². The first-order valence-corrected chi connectivity index (χ1v) is 7.90. The Bertz CT molecular complexity index is 585. The summed E-state index contributed by atoms with van der Waals surface area (Å²) in [5.74, 6) is 0.207. The van der Waals surface area contributed by atoms with Gasteiger partial charge in [0.2, 0.25) is 0 Å². The number of aromatic nitrogens is 1. The number of ketones is 1. The Kier molecular flexibility index (Phi) is 4.75. The lowest BCUT2D eigenvalue weighted by Gasteiger charge is -2.21. The van der Waals surface area contributed by atoms with E-state index in [2.05, 4.69) is 4.98 Å². The molecule has 1 amide bonds. The van der Waals surface area contributed by atoms with Crippen molar-refractivity contribution in [2.75, 3.05) is 13.6 Å². The van der Waals surface area contributed by atoms with Gasteiger partial charge in [0.25, 0.3) is 5.91 Å². The summed E-state index contributed by atoms with van der Waals surface area (Å²) in [5.41, 5.74) is 2.61. The fourth-order valence-electron chi connectivity index (χ4n) is 3.03. The molecule has 1 unspecified atom stereocenters. The van der Waals surface area contributed by atoms with Crippen LogP contribution in [0.5, 0.6) is 0 Å². The standard InChI is InChI=1S/C17H26N2O3/c1-9(2)14-15(11(4)20)10(3)18-16(14)17(22)19(5)8-13(21)12-6-7-12/h9,12-13,18,21H,6-8H2,1-5H3. The van der Waals surface area contributed by atoms with Gasteiger partial charge in [0.05, 0.1) is 6.10 Å². The fraction of sp³-hybridized carbons (Fsp3) is 0.647. The van der Waals surface area contributed by atoms with Crippen molar-refractivity contribution in [2.45, 2.75) is 52.6 Å². The molecule has 0 spiro atoms. The number of aliphatic hydroxyl groups excluding tert-OH is 1. The van der Waals surface area contributed by atoms with E-state index < -0.39 is 6.10 Å². The third-order valence-corrected chi connectivity index (χ3v) is 4.34. The van der Waals surface area contributed by atoms with Crippen LogP contribution in [0.4, 0.5) is 0 Å². The first-order chi connectivity index (χ1) is 10.2. The molecule has 0 saturated heterocycles. The van der Waals surface area contributed by atoms with Gasteiger partial charge in [-0.3, -0.25) is 9.59 Å². The molecule has 0 bridgehead atoms. The largest absolute Gasteiger partial charge is 0.391 e. The van der Waals surface area contributed by atoms with Gasteiger partial charge in [-0.15, -0.1) is 0 Å². The Morgan fingerprint density at radius 2 is 1.95 bits per heavy atom. The molecule has 5 heteroatoms. The molecule has 0 aromatic carbocycles. The fourth-order valence-corrected chi connectivity index (χ4v) is 3.03. The highest BCUT2D eigenvalue weighted by Crippen LogP contribution is 2.33. The molecule has 2 rings (SSSR count). The SMILES string of the molecule is CC(=O)c1c(C)[nH]c(C(=O)N(C)CC(O)C2CC2)c1C(C)C. The first kappa shape index (κ1) is 16.7. The van der Waals surface area contributed by atoms with Crippen LogP contribution < -0.4 is 0 Å². The van der Waals surface area contributed by atoms with Crippen LogP contribution in [0.25, 0.3) is 0 Å². The van der Waals surface area contributed by atoms with Crippen LogP contribution in [0.15, 0.2) is 0 Å². The predicted octanol–water partition coefficient (Wildman–Crippen LogP) is 2.49. The van der Waals surface area contributed by atoms with Crippen molar-refractivity contribution in [3.8, 4) is 0 Å². The van der Waals surface area contributed by atoms with E-state index in [0.717, 1.165) is 24.1 Å². The summed E-state index contributed by atoms with van der Waals surface area (Å²) in [6.07, 6.45) is 1.62. The molecule has 1 aliphatic rings. The van der Waals surface area contributed by atoms with Gasteiger partial charge in [0.15, 0.2) is 5.78 Å². The predicted molar refractivity (Wildman–Crippen MR) is 85.3 cm³/mol. The Morgan fingerprint density at radius 1 is 1.36 bits per heavy atom. The summed E-state index contributed by atoms with van der Waals surface area (Å²) in [6, 6.07) is 0. The number of nitrogens with one attached hydrogen (secondary N) is 1. The molecule has 0 aliphatic heterocycles. The number of hydrogen-bond acceptors (Lipinski definition) is 3. The third kappa shape index (κ3) is 3.24. The second kappa shape index (κ2) is 6.24. The summed E-state index contributed by atoms with van der Waals surface area (Å²) in [7, 11) is 1.70.